The zero-order valence-electron chi connectivity index (χ0n) is 14.0. The summed E-state index contributed by atoms with van der Waals surface area (Å²) in [5.74, 6) is 1.08. The van der Waals surface area contributed by atoms with Crippen molar-refractivity contribution in [3.63, 3.8) is 0 Å². The summed E-state index contributed by atoms with van der Waals surface area (Å²) >= 11 is 8.05. The zero-order valence-corrected chi connectivity index (χ0v) is 15.5. The highest BCUT2D eigenvalue weighted by atomic mass is 35.5. The van der Waals surface area contributed by atoms with Gasteiger partial charge in [-0.3, -0.25) is 0 Å². The third-order valence-electron chi connectivity index (χ3n) is 4.59. The van der Waals surface area contributed by atoms with Gasteiger partial charge in [-0.1, -0.05) is 18.5 Å². The number of amidine groups is 1. The van der Waals surface area contributed by atoms with E-state index in [1.165, 1.54) is 9.75 Å². The molecule has 0 bridgehead atoms. The maximum Gasteiger partial charge on any atom is 0.148 e. The number of anilines is 2. The van der Waals surface area contributed by atoms with Crippen molar-refractivity contribution < 1.29 is 0 Å². The number of aryl methyl sites for hydroxylation is 1. The predicted molar refractivity (Wildman–Crippen MR) is 104 cm³/mol. The quantitative estimate of drug-likeness (QED) is 0.820. The summed E-state index contributed by atoms with van der Waals surface area (Å²) in [7, 11) is 2.18. The first-order chi connectivity index (χ1) is 11.6. The van der Waals surface area contributed by atoms with E-state index in [1.54, 1.807) is 0 Å². The van der Waals surface area contributed by atoms with Gasteiger partial charge in [0.1, 0.15) is 5.84 Å². The van der Waals surface area contributed by atoms with E-state index in [1.807, 2.05) is 29.5 Å². The van der Waals surface area contributed by atoms with Crippen LogP contribution in [0.5, 0.6) is 0 Å². The first-order valence-electron chi connectivity index (χ1n) is 8.36. The number of halogens is 1. The largest absolute Gasteiger partial charge is 0.353 e. The van der Waals surface area contributed by atoms with Crippen LogP contribution in [0.2, 0.25) is 5.02 Å². The van der Waals surface area contributed by atoms with E-state index in [9.17, 15) is 0 Å². The Morgan fingerprint density at radius 3 is 2.71 bits per heavy atom. The van der Waals surface area contributed by atoms with Crippen molar-refractivity contribution in [1.29, 1.82) is 0 Å². The number of nitrogens with zero attached hydrogens (tertiary/aromatic N) is 3. The minimum atomic E-state index is 0.719. The van der Waals surface area contributed by atoms with E-state index in [-0.39, 0.29) is 0 Å². The fourth-order valence-electron chi connectivity index (χ4n) is 3.12. The van der Waals surface area contributed by atoms with Crippen molar-refractivity contribution >= 4 is 45.8 Å². The lowest BCUT2D eigenvalue weighted by Crippen LogP contribution is -2.47. The van der Waals surface area contributed by atoms with Gasteiger partial charge in [-0.2, -0.15) is 0 Å². The Bertz CT molecular complexity index is 790. The molecule has 0 unspecified atom stereocenters. The number of hydrogen-bond donors (Lipinski definition) is 1. The monoisotopic (exact) mass is 360 g/mol. The van der Waals surface area contributed by atoms with Gasteiger partial charge in [0.05, 0.1) is 21.9 Å². The average molecular weight is 361 g/mol. The van der Waals surface area contributed by atoms with Crippen molar-refractivity contribution in [3.05, 3.63) is 39.0 Å². The third-order valence-corrected chi connectivity index (χ3v) is 6.10. The van der Waals surface area contributed by atoms with E-state index in [2.05, 4.69) is 35.2 Å². The molecule has 0 radical (unpaired) electrons. The summed E-state index contributed by atoms with van der Waals surface area (Å²) in [6.07, 6.45) is 1.04. The van der Waals surface area contributed by atoms with Crippen LogP contribution in [0.4, 0.5) is 17.1 Å². The van der Waals surface area contributed by atoms with E-state index in [4.69, 9.17) is 16.6 Å². The van der Waals surface area contributed by atoms with Crippen LogP contribution >= 0.6 is 22.9 Å². The molecule has 2 aromatic rings. The Balaban J connectivity index is 1.82. The summed E-state index contributed by atoms with van der Waals surface area (Å²) in [5, 5.41) is 4.28. The highest BCUT2D eigenvalue weighted by Crippen LogP contribution is 2.40. The molecule has 2 aliphatic rings. The van der Waals surface area contributed by atoms with Crippen LogP contribution in [-0.4, -0.2) is 48.9 Å². The molecule has 126 valence electrons. The van der Waals surface area contributed by atoms with Gasteiger partial charge in [-0.15, -0.1) is 11.3 Å². The maximum atomic E-state index is 6.20. The molecule has 1 saturated heterocycles. The SMILES string of the molecule is CCc1cc2c(s1)C(N1CCN(C)CC1)=Nc1cc(Cl)ccc1N2. The van der Waals surface area contributed by atoms with Crippen LogP contribution < -0.4 is 5.32 Å². The standard InChI is InChI=1S/C18H21ClN4S/c1-3-13-11-16-17(24-13)18(23-8-6-22(2)7-9-23)21-15-10-12(19)4-5-14(15)20-16/h4-5,10-11,20H,3,6-9H2,1-2H3. The molecular weight excluding hydrogens is 340 g/mol. The van der Waals surface area contributed by atoms with Gasteiger partial charge in [0, 0.05) is 36.1 Å². The van der Waals surface area contributed by atoms with Crippen molar-refractivity contribution in [3.8, 4) is 0 Å². The first kappa shape index (κ1) is 15.9. The molecule has 0 atom stereocenters. The maximum absolute atomic E-state index is 6.20. The Kier molecular flexibility index (Phi) is 4.24. The Hall–Kier alpha value is -1.56. The molecular formula is C18H21ClN4S. The molecule has 1 aromatic carbocycles. The number of hydrogen-bond acceptors (Lipinski definition) is 5. The van der Waals surface area contributed by atoms with E-state index < -0.39 is 0 Å². The molecule has 0 aliphatic carbocycles. The molecule has 2 aliphatic heterocycles. The van der Waals surface area contributed by atoms with Gasteiger partial charge in [0.2, 0.25) is 0 Å². The second-order valence-corrected chi connectivity index (χ2v) is 7.89. The van der Waals surface area contributed by atoms with Crippen LogP contribution in [-0.2, 0) is 6.42 Å². The molecule has 3 heterocycles. The number of piperazine rings is 1. The minimum absolute atomic E-state index is 0.719. The van der Waals surface area contributed by atoms with E-state index >= 15 is 0 Å². The molecule has 1 aromatic heterocycles. The Morgan fingerprint density at radius 2 is 1.96 bits per heavy atom. The van der Waals surface area contributed by atoms with Crippen LogP contribution in [0, 0.1) is 0 Å². The highest BCUT2D eigenvalue weighted by molar-refractivity contribution is 7.14. The van der Waals surface area contributed by atoms with Gasteiger partial charge < -0.3 is 15.1 Å². The fraction of sp³-hybridized carbons (Fsp3) is 0.389. The first-order valence-corrected chi connectivity index (χ1v) is 9.55. The average Bonchev–Trinajstić information content (AvgIpc) is 2.92. The van der Waals surface area contributed by atoms with Gasteiger partial charge in [0.25, 0.3) is 0 Å². The number of thiophene rings is 1. The normalized spacial score (nSPS) is 17.6. The van der Waals surface area contributed by atoms with Crippen LogP contribution in [0.25, 0.3) is 0 Å². The smallest absolute Gasteiger partial charge is 0.148 e. The summed E-state index contributed by atoms with van der Waals surface area (Å²) in [6.45, 7) is 6.34. The van der Waals surface area contributed by atoms with Crippen LogP contribution in [0.3, 0.4) is 0 Å². The molecule has 6 heteroatoms. The van der Waals surface area contributed by atoms with E-state index in [0.29, 0.717) is 0 Å². The second-order valence-electron chi connectivity index (χ2n) is 6.32. The lowest BCUT2D eigenvalue weighted by atomic mass is 10.2. The Morgan fingerprint density at radius 1 is 1.17 bits per heavy atom. The van der Waals surface area contributed by atoms with Gasteiger partial charge in [-0.05, 0) is 37.7 Å². The molecule has 4 nitrogen and oxygen atoms in total. The predicted octanol–water partition coefficient (Wildman–Crippen LogP) is 4.35. The minimum Gasteiger partial charge on any atom is -0.353 e. The molecule has 24 heavy (non-hydrogen) atoms. The van der Waals surface area contributed by atoms with E-state index in [0.717, 1.165) is 60.5 Å². The summed E-state index contributed by atoms with van der Waals surface area (Å²) in [6, 6.07) is 8.13. The molecule has 0 saturated carbocycles. The van der Waals surface area contributed by atoms with Gasteiger partial charge in [0.15, 0.2) is 0 Å². The molecule has 1 N–H and O–H groups in total. The lowest BCUT2D eigenvalue weighted by Gasteiger charge is -2.34. The molecule has 0 amide bonds. The summed E-state index contributed by atoms with van der Waals surface area (Å²) in [5.41, 5.74) is 3.10. The van der Waals surface area contributed by atoms with Crippen molar-refractivity contribution in [1.82, 2.24) is 9.80 Å². The summed E-state index contributed by atoms with van der Waals surface area (Å²) < 4.78 is 0. The number of benzene rings is 1. The van der Waals surface area contributed by atoms with Gasteiger partial charge in [-0.25, -0.2) is 4.99 Å². The molecule has 4 rings (SSSR count). The number of nitrogens with one attached hydrogen (secondary N) is 1. The number of fused-ring (bicyclic) bond motifs is 2. The van der Waals surface area contributed by atoms with Gasteiger partial charge >= 0.3 is 0 Å². The number of rotatable bonds is 1. The van der Waals surface area contributed by atoms with Crippen molar-refractivity contribution in [2.45, 2.75) is 13.3 Å². The molecule has 0 spiro atoms. The summed E-state index contributed by atoms with van der Waals surface area (Å²) in [4.78, 5) is 12.4. The van der Waals surface area contributed by atoms with Crippen LogP contribution in [0.1, 0.15) is 16.7 Å². The van der Waals surface area contributed by atoms with Crippen molar-refractivity contribution in [2.24, 2.45) is 4.99 Å². The van der Waals surface area contributed by atoms with Crippen molar-refractivity contribution in [2.75, 3.05) is 38.5 Å². The fourth-order valence-corrected chi connectivity index (χ4v) is 4.36. The second kappa shape index (κ2) is 6.39. The molecule has 1 fully saturated rings. The number of aliphatic imine (C=N–C) groups is 1. The van der Waals surface area contributed by atoms with Crippen LogP contribution in [0.15, 0.2) is 29.3 Å². The number of likely N-dealkylation sites (N-methyl/N-ethyl adjacent to an activating group) is 1. The highest BCUT2D eigenvalue weighted by Gasteiger charge is 2.26. The topological polar surface area (TPSA) is 30.9 Å². The third kappa shape index (κ3) is 2.92. The Labute approximate surface area is 151 Å². The lowest BCUT2D eigenvalue weighted by molar-refractivity contribution is 0.216. The zero-order chi connectivity index (χ0) is 16.7.